The fraction of sp³-hybridized carbons (Fsp3) is 0.238. The lowest BCUT2D eigenvalue weighted by atomic mass is 10.2. The maximum atomic E-state index is 12.1. The molecule has 0 fully saturated rings. The van der Waals surface area contributed by atoms with Gasteiger partial charge in [0.2, 0.25) is 11.6 Å². The Morgan fingerprint density at radius 2 is 2.00 bits per heavy atom. The monoisotopic (exact) mass is 375 g/mol. The standard InChI is InChI=1S/C21H21N5O2/c1-3-24(17-9-6-7-15(2)13-17)20-19(26(27)28)21(23-14-22-20)25-12-11-16-8-4-5-10-18(16)25/h4-10,13-14H,3,11-12H2,1-2H3. The summed E-state index contributed by atoms with van der Waals surface area (Å²) in [5.74, 6) is 0.651. The molecule has 3 aromatic rings. The van der Waals surface area contributed by atoms with Crippen LogP contribution in [0.1, 0.15) is 18.1 Å². The minimum Gasteiger partial charge on any atom is -0.321 e. The van der Waals surface area contributed by atoms with Crippen LogP contribution in [0.25, 0.3) is 0 Å². The molecular formula is C21H21N5O2. The molecule has 0 unspecified atom stereocenters. The second-order valence-corrected chi connectivity index (χ2v) is 6.74. The van der Waals surface area contributed by atoms with Gasteiger partial charge in [-0.2, -0.15) is 0 Å². The van der Waals surface area contributed by atoms with E-state index in [1.165, 1.54) is 11.9 Å². The fourth-order valence-electron chi connectivity index (χ4n) is 3.73. The van der Waals surface area contributed by atoms with Crippen LogP contribution in [0, 0.1) is 17.0 Å². The van der Waals surface area contributed by atoms with Crippen molar-refractivity contribution in [2.24, 2.45) is 0 Å². The van der Waals surface area contributed by atoms with Gasteiger partial charge >= 0.3 is 5.69 Å². The van der Waals surface area contributed by atoms with Crippen LogP contribution in [0.2, 0.25) is 0 Å². The van der Waals surface area contributed by atoms with Gasteiger partial charge in [-0.1, -0.05) is 30.3 Å². The SMILES string of the molecule is CCN(c1cccc(C)c1)c1ncnc(N2CCc3ccccc32)c1[N+](=O)[O-]. The van der Waals surface area contributed by atoms with Crippen molar-refractivity contribution in [2.75, 3.05) is 22.9 Å². The van der Waals surface area contributed by atoms with Gasteiger partial charge in [-0.3, -0.25) is 10.1 Å². The van der Waals surface area contributed by atoms with Crippen molar-refractivity contribution in [3.05, 3.63) is 76.1 Å². The van der Waals surface area contributed by atoms with E-state index in [1.54, 1.807) is 0 Å². The number of fused-ring (bicyclic) bond motifs is 1. The van der Waals surface area contributed by atoms with Crippen molar-refractivity contribution in [3.8, 4) is 0 Å². The second kappa shape index (κ2) is 7.26. The number of hydrogen-bond acceptors (Lipinski definition) is 6. The number of para-hydroxylation sites is 1. The van der Waals surface area contributed by atoms with E-state index in [9.17, 15) is 10.1 Å². The molecular weight excluding hydrogens is 354 g/mol. The first-order valence-corrected chi connectivity index (χ1v) is 9.29. The number of hydrogen-bond donors (Lipinski definition) is 0. The van der Waals surface area contributed by atoms with Crippen LogP contribution < -0.4 is 9.80 Å². The average molecular weight is 375 g/mol. The normalized spacial score (nSPS) is 12.7. The molecule has 2 heterocycles. The molecule has 1 aliphatic heterocycles. The summed E-state index contributed by atoms with van der Waals surface area (Å²) < 4.78 is 0. The van der Waals surface area contributed by atoms with Crippen LogP contribution in [0.5, 0.6) is 0 Å². The molecule has 0 bridgehead atoms. The maximum Gasteiger partial charge on any atom is 0.354 e. The lowest BCUT2D eigenvalue weighted by Gasteiger charge is -2.24. The predicted octanol–water partition coefficient (Wildman–Crippen LogP) is 4.55. The maximum absolute atomic E-state index is 12.1. The molecule has 1 aromatic heterocycles. The molecule has 28 heavy (non-hydrogen) atoms. The van der Waals surface area contributed by atoms with Crippen LogP contribution in [-0.4, -0.2) is 28.0 Å². The van der Waals surface area contributed by atoms with E-state index < -0.39 is 0 Å². The van der Waals surface area contributed by atoms with E-state index in [-0.39, 0.29) is 10.6 Å². The summed E-state index contributed by atoms with van der Waals surface area (Å²) in [4.78, 5) is 24.1. The van der Waals surface area contributed by atoms with E-state index in [2.05, 4.69) is 9.97 Å². The van der Waals surface area contributed by atoms with Crippen molar-refractivity contribution >= 4 is 28.7 Å². The molecule has 0 saturated carbocycles. The molecule has 1 aliphatic rings. The van der Waals surface area contributed by atoms with Gasteiger partial charge < -0.3 is 9.80 Å². The zero-order chi connectivity index (χ0) is 19.7. The Hall–Kier alpha value is -3.48. The Balaban J connectivity index is 1.86. The minimum atomic E-state index is -0.371. The van der Waals surface area contributed by atoms with E-state index >= 15 is 0 Å². The van der Waals surface area contributed by atoms with Gasteiger partial charge in [-0.15, -0.1) is 0 Å². The molecule has 142 valence electrons. The molecule has 0 atom stereocenters. The number of benzene rings is 2. The van der Waals surface area contributed by atoms with Crippen LogP contribution in [0.4, 0.5) is 28.7 Å². The molecule has 0 saturated heterocycles. The van der Waals surface area contributed by atoms with Crippen LogP contribution in [-0.2, 0) is 6.42 Å². The van der Waals surface area contributed by atoms with Gasteiger partial charge in [0.05, 0.1) is 4.92 Å². The van der Waals surface area contributed by atoms with Crippen molar-refractivity contribution in [2.45, 2.75) is 20.3 Å². The summed E-state index contributed by atoms with van der Waals surface area (Å²) in [5, 5.41) is 12.1. The number of nitro groups is 1. The molecule has 0 aliphatic carbocycles. The van der Waals surface area contributed by atoms with Crippen molar-refractivity contribution < 1.29 is 4.92 Å². The molecule has 2 aromatic carbocycles. The number of rotatable bonds is 5. The third-order valence-corrected chi connectivity index (χ3v) is 4.99. The van der Waals surface area contributed by atoms with Gasteiger partial charge in [-0.05, 0) is 49.6 Å². The van der Waals surface area contributed by atoms with Crippen molar-refractivity contribution in [3.63, 3.8) is 0 Å². The molecule has 0 radical (unpaired) electrons. The second-order valence-electron chi connectivity index (χ2n) is 6.74. The topological polar surface area (TPSA) is 75.4 Å². The Kier molecular flexibility index (Phi) is 4.65. The van der Waals surface area contributed by atoms with Crippen molar-refractivity contribution in [1.29, 1.82) is 0 Å². The first-order chi connectivity index (χ1) is 13.6. The van der Waals surface area contributed by atoms with Crippen molar-refractivity contribution in [1.82, 2.24) is 9.97 Å². The summed E-state index contributed by atoms with van der Waals surface area (Å²) in [7, 11) is 0. The average Bonchev–Trinajstić information content (AvgIpc) is 3.12. The number of aryl methyl sites for hydroxylation is 1. The fourth-order valence-corrected chi connectivity index (χ4v) is 3.73. The summed E-state index contributed by atoms with van der Waals surface area (Å²) >= 11 is 0. The summed E-state index contributed by atoms with van der Waals surface area (Å²) in [5.41, 5.74) is 4.03. The smallest absolute Gasteiger partial charge is 0.321 e. The number of anilines is 4. The van der Waals surface area contributed by atoms with Gasteiger partial charge in [0.1, 0.15) is 6.33 Å². The lowest BCUT2D eigenvalue weighted by Crippen LogP contribution is -2.22. The summed E-state index contributed by atoms with van der Waals surface area (Å²) in [6, 6.07) is 15.8. The van der Waals surface area contributed by atoms with Crippen LogP contribution >= 0.6 is 0 Å². The van der Waals surface area contributed by atoms with E-state index in [1.807, 2.05) is 72.2 Å². The first kappa shape index (κ1) is 17.9. The van der Waals surface area contributed by atoms with E-state index in [0.717, 1.165) is 23.4 Å². The molecule has 0 N–H and O–H groups in total. The van der Waals surface area contributed by atoms with Gasteiger partial charge in [-0.25, -0.2) is 9.97 Å². The van der Waals surface area contributed by atoms with Gasteiger partial charge in [0, 0.05) is 24.5 Å². The molecule has 0 spiro atoms. The minimum absolute atomic E-state index is 0.0671. The highest BCUT2D eigenvalue weighted by Crippen LogP contribution is 2.42. The summed E-state index contributed by atoms with van der Waals surface area (Å²) in [6.07, 6.45) is 2.25. The van der Waals surface area contributed by atoms with Crippen LogP contribution in [0.15, 0.2) is 54.9 Å². The highest BCUT2D eigenvalue weighted by molar-refractivity contribution is 5.81. The largest absolute Gasteiger partial charge is 0.354 e. The first-order valence-electron chi connectivity index (χ1n) is 9.29. The third kappa shape index (κ3) is 3.05. The number of nitrogens with zero attached hydrogens (tertiary/aromatic N) is 5. The van der Waals surface area contributed by atoms with Crippen LogP contribution in [0.3, 0.4) is 0 Å². The quantitative estimate of drug-likeness (QED) is 0.481. The third-order valence-electron chi connectivity index (χ3n) is 4.99. The highest BCUT2D eigenvalue weighted by atomic mass is 16.6. The molecule has 7 heteroatoms. The summed E-state index contributed by atoms with van der Waals surface area (Å²) in [6.45, 7) is 5.17. The van der Waals surface area contributed by atoms with E-state index in [0.29, 0.717) is 24.7 Å². The lowest BCUT2D eigenvalue weighted by molar-refractivity contribution is -0.383. The Morgan fingerprint density at radius 1 is 1.18 bits per heavy atom. The Bertz CT molecular complexity index is 1040. The zero-order valence-electron chi connectivity index (χ0n) is 15.9. The Labute approximate surface area is 163 Å². The molecule has 0 amide bonds. The molecule has 4 rings (SSSR count). The zero-order valence-corrected chi connectivity index (χ0v) is 15.9. The van der Waals surface area contributed by atoms with Gasteiger partial charge in [0.25, 0.3) is 0 Å². The molecule has 7 nitrogen and oxygen atoms in total. The van der Waals surface area contributed by atoms with E-state index in [4.69, 9.17) is 0 Å². The highest BCUT2D eigenvalue weighted by Gasteiger charge is 2.33. The number of aromatic nitrogens is 2. The predicted molar refractivity (Wildman–Crippen MR) is 110 cm³/mol. The van der Waals surface area contributed by atoms with Gasteiger partial charge in [0.15, 0.2) is 0 Å². The Morgan fingerprint density at radius 3 is 2.75 bits per heavy atom.